The van der Waals surface area contributed by atoms with Gasteiger partial charge in [0.25, 0.3) is 6.01 Å². The molecule has 3 nitrogen and oxygen atoms in total. The van der Waals surface area contributed by atoms with Crippen LogP contribution in [0.2, 0.25) is 0 Å². The Labute approximate surface area is 65.6 Å². The average molecular weight is 152 g/mol. The second kappa shape index (κ2) is 2.00. The SMILES string of the molecule is Cc1oc(N)nc1C1CC1C. The number of nitrogen functional groups attached to an aromatic ring is 1. The number of oxazole rings is 1. The van der Waals surface area contributed by atoms with Crippen LogP contribution in [0.15, 0.2) is 4.42 Å². The van der Waals surface area contributed by atoms with E-state index in [1.54, 1.807) is 0 Å². The summed E-state index contributed by atoms with van der Waals surface area (Å²) in [5.41, 5.74) is 6.48. The highest BCUT2D eigenvalue weighted by Crippen LogP contribution is 2.47. The van der Waals surface area contributed by atoms with E-state index in [0.29, 0.717) is 11.9 Å². The molecule has 2 atom stereocenters. The summed E-state index contributed by atoms with van der Waals surface area (Å²) in [6.45, 7) is 4.14. The van der Waals surface area contributed by atoms with E-state index in [1.807, 2.05) is 6.92 Å². The molecule has 2 unspecified atom stereocenters. The Bertz CT molecular complexity index is 280. The molecule has 60 valence electrons. The summed E-state index contributed by atoms with van der Waals surface area (Å²) in [6, 6.07) is 0.302. The van der Waals surface area contributed by atoms with Crippen LogP contribution in [-0.2, 0) is 0 Å². The Kier molecular flexibility index (Phi) is 1.22. The van der Waals surface area contributed by atoms with E-state index < -0.39 is 0 Å². The molecule has 0 aliphatic heterocycles. The van der Waals surface area contributed by atoms with Crippen molar-refractivity contribution in [3.63, 3.8) is 0 Å². The second-order valence-electron chi connectivity index (χ2n) is 3.31. The molecule has 1 saturated carbocycles. The van der Waals surface area contributed by atoms with Crippen molar-refractivity contribution >= 4 is 6.01 Å². The number of aromatic nitrogens is 1. The van der Waals surface area contributed by atoms with E-state index >= 15 is 0 Å². The highest BCUT2D eigenvalue weighted by molar-refractivity contribution is 5.26. The lowest BCUT2D eigenvalue weighted by Crippen LogP contribution is -1.86. The largest absolute Gasteiger partial charge is 0.429 e. The monoisotopic (exact) mass is 152 g/mol. The second-order valence-corrected chi connectivity index (χ2v) is 3.31. The molecule has 1 fully saturated rings. The summed E-state index contributed by atoms with van der Waals surface area (Å²) in [7, 11) is 0. The number of hydrogen-bond acceptors (Lipinski definition) is 3. The maximum atomic E-state index is 5.41. The van der Waals surface area contributed by atoms with Crippen LogP contribution in [0.5, 0.6) is 0 Å². The summed E-state index contributed by atoms with van der Waals surface area (Å²) in [6.07, 6.45) is 1.23. The molecule has 1 heterocycles. The molecule has 0 spiro atoms. The molecule has 0 bridgehead atoms. The number of nitrogens with zero attached hydrogens (tertiary/aromatic N) is 1. The molecular formula is C8H12N2O. The minimum absolute atomic E-state index is 0.302. The van der Waals surface area contributed by atoms with E-state index in [9.17, 15) is 0 Å². The van der Waals surface area contributed by atoms with Crippen LogP contribution in [0.3, 0.4) is 0 Å². The number of anilines is 1. The minimum atomic E-state index is 0.302. The molecule has 2 rings (SSSR count). The van der Waals surface area contributed by atoms with Gasteiger partial charge in [-0.1, -0.05) is 6.92 Å². The van der Waals surface area contributed by atoms with Gasteiger partial charge in [-0.25, -0.2) is 0 Å². The first-order valence-corrected chi connectivity index (χ1v) is 3.91. The molecule has 0 amide bonds. The predicted octanol–water partition coefficient (Wildman–Crippen LogP) is 1.69. The summed E-state index contributed by atoms with van der Waals surface area (Å²) in [4.78, 5) is 4.13. The Morgan fingerprint density at radius 1 is 1.64 bits per heavy atom. The van der Waals surface area contributed by atoms with E-state index in [1.165, 1.54) is 6.42 Å². The third-order valence-electron chi connectivity index (χ3n) is 2.31. The Hall–Kier alpha value is -0.990. The zero-order chi connectivity index (χ0) is 8.01. The van der Waals surface area contributed by atoms with Crippen LogP contribution in [0, 0.1) is 12.8 Å². The number of aryl methyl sites for hydroxylation is 1. The normalized spacial score (nSPS) is 28.9. The molecular weight excluding hydrogens is 140 g/mol. The average Bonchev–Trinajstić information content (AvgIpc) is 2.52. The molecule has 1 aliphatic carbocycles. The first kappa shape index (κ1) is 6.70. The van der Waals surface area contributed by atoms with E-state index in [4.69, 9.17) is 10.2 Å². The van der Waals surface area contributed by atoms with Gasteiger partial charge in [0, 0.05) is 5.92 Å². The van der Waals surface area contributed by atoms with E-state index in [0.717, 1.165) is 17.4 Å². The molecule has 2 N–H and O–H groups in total. The first-order valence-electron chi connectivity index (χ1n) is 3.91. The van der Waals surface area contributed by atoms with Gasteiger partial charge in [0.05, 0.1) is 5.69 Å². The maximum Gasteiger partial charge on any atom is 0.292 e. The Morgan fingerprint density at radius 3 is 2.64 bits per heavy atom. The molecule has 3 heteroatoms. The van der Waals surface area contributed by atoms with E-state index in [2.05, 4.69) is 11.9 Å². The number of nitrogens with two attached hydrogens (primary N) is 1. The van der Waals surface area contributed by atoms with Crippen LogP contribution in [-0.4, -0.2) is 4.98 Å². The quantitative estimate of drug-likeness (QED) is 0.666. The van der Waals surface area contributed by atoms with Crippen molar-refractivity contribution in [1.82, 2.24) is 4.98 Å². The number of hydrogen-bond donors (Lipinski definition) is 1. The van der Waals surface area contributed by atoms with Gasteiger partial charge in [-0.2, -0.15) is 4.98 Å². The lowest BCUT2D eigenvalue weighted by atomic mass is 10.2. The fraction of sp³-hybridized carbons (Fsp3) is 0.625. The zero-order valence-electron chi connectivity index (χ0n) is 6.79. The molecule has 0 radical (unpaired) electrons. The fourth-order valence-electron chi connectivity index (χ4n) is 1.48. The third-order valence-corrected chi connectivity index (χ3v) is 2.31. The van der Waals surface area contributed by atoms with Crippen molar-refractivity contribution in [1.29, 1.82) is 0 Å². The molecule has 1 aliphatic rings. The van der Waals surface area contributed by atoms with Crippen LogP contribution >= 0.6 is 0 Å². The van der Waals surface area contributed by atoms with Gasteiger partial charge in [-0.15, -0.1) is 0 Å². The molecule has 0 aromatic carbocycles. The van der Waals surface area contributed by atoms with Crippen molar-refractivity contribution in [3.05, 3.63) is 11.5 Å². The zero-order valence-corrected chi connectivity index (χ0v) is 6.79. The van der Waals surface area contributed by atoms with Gasteiger partial charge in [-0.05, 0) is 19.3 Å². The lowest BCUT2D eigenvalue weighted by molar-refractivity contribution is 0.544. The van der Waals surface area contributed by atoms with Gasteiger partial charge in [0.1, 0.15) is 5.76 Å². The molecule has 1 aromatic heterocycles. The van der Waals surface area contributed by atoms with Crippen molar-refractivity contribution < 1.29 is 4.42 Å². The highest BCUT2D eigenvalue weighted by atomic mass is 16.4. The molecule has 11 heavy (non-hydrogen) atoms. The maximum absolute atomic E-state index is 5.41. The van der Waals surface area contributed by atoms with Crippen molar-refractivity contribution in [2.75, 3.05) is 5.73 Å². The Morgan fingerprint density at radius 2 is 2.27 bits per heavy atom. The Balaban J connectivity index is 2.30. The van der Waals surface area contributed by atoms with Gasteiger partial charge in [-0.3, -0.25) is 0 Å². The first-order chi connectivity index (χ1) is 5.18. The van der Waals surface area contributed by atoms with Crippen molar-refractivity contribution in [2.45, 2.75) is 26.2 Å². The topological polar surface area (TPSA) is 52.0 Å². The van der Waals surface area contributed by atoms with Gasteiger partial charge in [0.2, 0.25) is 0 Å². The van der Waals surface area contributed by atoms with Gasteiger partial charge in [0.15, 0.2) is 0 Å². The van der Waals surface area contributed by atoms with Gasteiger partial charge < -0.3 is 10.2 Å². The summed E-state index contributed by atoms with van der Waals surface area (Å²) in [5, 5.41) is 0. The van der Waals surface area contributed by atoms with Crippen LogP contribution in [0.25, 0.3) is 0 Å². The summed E-state index contributed by atoms with van der Waals surface area (Å²) < 4.78 is 5.13. The lowest BCUT2D eigenvalue weighted by Gasteiger charge is -1.89. The molecule has 1 aromatic rings. The predicted molar refractivity (Wildman–Crippen MR) is 42.2 cm³/mol. The highest BCUT2D eigenvalue weighted by Gasteiger charge is 2.37. The van der Waals surface area contributed by atoms with Crippen molar-refractivity contribution in [2.24, 2.45) is 5.92 Å². The molecule has 0 saturated heterocycles. The van der Waals surface area contributed by atoms with Gasteiger partial charge >= 0.3 is 0 Å². The van der Waals surface area contributed by atoms with Crippen LogP contribution in [0.4, 0.5) is 6.01 Å². The third kappa shape index (κ3) is 1.00. The van der Waals surface area contributed by atoms with Crippen molar-refractivity contribution in [3.8, 4) is 0 Å². The smallest absolute Gasteiger partial charge is 0.292 e. The van der Waals surface area contributed by atoms with E-state index in [-0.39, 0.29) is 0 Å². The minimum Gasteiger partial charge on any atom is -0.429 e. The summed E-state index contributed by atoms with van der Waals surface area (Å²) in [5.74, 6) is 2.26. The van der Waals surface area contributed by atoms with Crippen LogP contribution < -0.4 is 5.73 Å². The van der Waals surface area contributed by atoms with Crippen LogP contribution in [0.1, 0.15) is 30.7 Å². The summed E-state index contributed by atoms with van der Waals surface area (Å²) >= 11 is 0. The number of rotatable bonds is 1. The fourth-order valence-corrected chi connectivity index (χ4v) is 1.48. The standard InChI is InChI=1S/C8H12N2O/c1-4-3-6(4)7-5(2)11-8(9)10-7/h4,6H,3H2,1-2H3,(H2,9,10).